The standard InChI is InChI=1S/C82H133N21O23/c1-41(2)34-57(76(120)91-46(9)70(114)88-39-63(108)93-53(22-16-18-32-83)72(116)90-45(8)68(87)112)98-73(117)54(23-17-19-33-84)95-77(121)58(35-42(3)4)99-78(122)59(36-43(5)6)100-80(124)61(37-50-20-14-13-15-21-50)101-79(123)60(38-51-24-26-52(106)27-25-51)97-71(115)47(10)92-82(126)67(49(12)105)103-75(119)56(29-31-65(110)111)96-74(118)55(28-30-62(86)107)94-64(109)40-89-81(125)66(48(11)104)102-69(113)44(7)85/h13-15,20-21,24-27,41-49,53-61,66-67,104-106H,16-19,22-23,28-40,83-85H2,1-12H3,(H2,86,107)(H2,87,112)(H,88,114)(H,89,125)(H,90,116)(H,91,120)(H,92,126)(H,93,108)(H,94,109)(H,95,121)(H,96,118)(H,97,115)(H,98,117)(H,99,122)(H,100,124)(H,101,123)(H,102,113)(H,103,119)(H,110,111)/t44-,45-,46-,47-,48+,49+,53-,54-,55-,56-,57-,58-,59-,60-,61-,66-,67-/m0/s1. The molecule has 0 radical (unpaired) electrons. The van der Waals surface area contributed by atoms with Crippen molar-refractivity contribution >= 4 is 112 Å². The Kier molecular flexibility index (Phi) is 49.6. The fourth-order valence-electron chi connectivity index (χ4n) is 12.4. The maximum Gasteiger partial charge on any atom is 0.303 e. The molecule has 0 saturated heterocycles. The van der Waals surface area contributed by atoms with E-state index in [1.54, 1.807) is 71.9 Å². The lowest BCUT2D eigenvalue weighted by molar-refractivity contribution is -0.139. The van der Waals surface area contributed by atoms with Crippen molar-refractivity contribution in [1.29, 1.82) is 0 Å². The molecule has 17 atom stereocenters. The van der Waals surface area contributed by atoms with E-state index in [1.165, 1.54) is 45.0 Å². The van der Waals surface area contributed by atoms with Crippen molar-refractivity contribution in [3.05, 3.63) is 65.7 Å². The monoisotopic (exact) mass is 1780 g/mol. The Morgan fingerprint density at radius 3 is 1.08 bits per heavy atom. The molecule has 44 nitrogen and oxygen atoms in total. The molecule has 30 N–H and O–H groups in total. The van der Waals surface area contributed by atoms with Gasteiger partial charge in [0.25, 0.3) is 0 Å². The van der Waals surface area contributed by atoms with Crippen LogP contribution in [0.3, 0.4) is 0 Å². The number of amides is 18. The van der Waals surface area contributed by atoms with E-state index in [9.17, 15) is 107 Å². The highest BCUT2D eigenvalue weighted by molar-refractivity contribution is 6.01. The molecular formula is C82H133N21O23. The smallest absolute Gasteiger partial charge is 0.303 e. The van der Waals surface area contributed by atoms with Crippen LogP contribution in [-0.2, 0) is 104 Å². The SMILES string of the molecule is CC(C)C[C@H](NC(=O)[C@H](CCCCN)NC(=O)[C@H](CC(C)C)NC(=O)[C@H](CC(C)C)NC(=O)[C@H](Cc1ccccc1)NC(=O)[C@H](Cc1ccc(O)cc1)NC(=O)[C@H](C)NC(=O)[C@@H](NC(=O)[C@H](CCC(=O)O)NC(=O)[C@H](CCC(N)=O)NC(=O)CNC(=O)[C@@H](NC(=O)[C@H](C)N)[C@@H](C)O)[C@@H](C)O)C(=O)N[C@@H](C)C(=O)NCC(=O)N[C@@H](CCCCN)C(=O)N[C@@H](C)C(N)=O. The van der Waals surface area contributed by atoms with Crippen LogP contribution >= 0.6 is 0 Å². The minimum Gasteiger partial charge on any atom is -0.508 e. The van der Waals surface area contributed by atoms with Gasteiger partial charge in [-0.2, -0.15) is 0 Å². The second-order valence-electron chi connectivity index (χ2n) is 32.4. The number of phenolic OH excluding ortho intramolecular Hbond substituents is 1. The van der Waals surface area contributed by atoms with Crippen LogP contribution in [0.4, 0.5) is 0 Å². The lowest BCUT2D eigenvalue weighted by Gasteiger charge is -2.29. The number of phenols is 1. The number of aliphatic hydroxyl groups excluding tert-OH is 2. The lowest BCUT2D eigenvalue weighted by Crippen LogP contribution is -2.62. The third-order valence-electron chi connectivity index (χ3n) is 19.4. The molecule has 0 aliphatic rings. The van der Waals surface area contributed by atoms with E-state index in [0.717, 1.165) is 20.8 Å². The van der Waals surface area contributed by atoms with Gasteiger partial charge in [-0.15, -0.1) is 0 Å². The predicted molar refractivity (Wildman–Crippen MR) is 458 cm³/mol. The number of carboxylic acid groups (broad SMARTS) is 1. The number of aliphatic hydroxyl groups is 2. The number of aliphatic carboxylic acids is 1. The zero-order valence-corrected chi connectivity index (χ0v) is 73.6. The highest BCUT2D eigenvalue weighted by Crippen LogP contribution is 2.17. The van der Waals surface area contributed by atoms with E-state index in [2.05, 4.69) is 85.1 Å². The molecule has 2 aromatic rings. The van der Waals surface area contributed by atoms with E-state index in [0.29, 0.717) is 43.4 Å². The zero-order chi connectivity index (χ0) is 95.4. The average Bonchev–Trinajstić information content (AvgIpc) is 0.842. The van der Waals surface area contributed by atoms with Gasteiger partial charge in [-0.1, -0.05) is 84.0 Å². The number of carbonyl (C=O) groups excluding carboxylic acids is 18. The zero-order valence-electron chi connectivity index (χ0n) is 73.6. The van der Waals surface area contributed by atoms with Crippen molar-refractivity contribution in [2.75, 3.05) is 26.2 Å². The largest absolute Gasteiger partial charge is 0.508 e. The van der Waals surface area contributed by atoms with Gasteiger partial charge in [0.2, 0.25) is 106 Å². The number of unbranched alkanes of at least 4 members (excludes halogenated alkanes) is 2. The van der Waals surface area contributed by atoms with E-state index < -0.39 is 254 Å². The number of nitrogens with two attached hydrogens (primary N) is 5. The van der Waals surface area contributed by atoms with Gasteiger partial charge < -0.3 is 134 Å². The van der Waals surface area contributed by atoms with Crippen LogP contribution in [0.15, 0.2) is 54.6 Å². The van der Waals surface area contributed by atoms with Gasteiger partial charge in [0.05, 0.1) is 31.3 Å². The average molecular weight is 1780 g/mol. The van der Waals surface area contributed by atoms with E-state index >= 15 is 4.79 Å². The maximum atomic E-state index is 15.0. The Morgan fingerprint density at radius 1 is 0.333 bits per heavy atom. The fourth-order valence-corrected chi connectivity index (χ4v) is 12.4. The molecule has 126 heavy (non-hydrogen) atoms. The normalized spacial score (nSPS) is 15.2. The quantitative estimate of drug-likeness (QED) is 0.0274. The molecule has 0 aliphatic heterocycles. The Labute approximate surface area is 732 Å². The summed E-state index contributed by atoms with van der Waals surface area (Å²) in [7, 11) is 0. The number of hydrogen-bond donors (Lipinski definition) is 25. The number of carbonyl (C=O) groups is 19. The molecule has 0 bridgehead atoms. The molecule has 0 fully saturated rings. The number of benzene rings is 2. The van der Waals surface area contributed by atoms with Crippen LogP contribution in [0, 0.1) is 17.8 Å². The summed E-state index contributed by atoms with van der Waals surface area (Å²) in [6.07, 6.45) is -4.74. The molecule has 0 heterocycles. The summed E-state index contributed by atoms with van der Waals surface area (Å²) >= 11 is 0. The third kappa shape index (κ3) is 42.6. The Bertz CT molecular complexity index is 3990. The Balaban J connectivity index is 2.52. The van der Waals surface area contributed by atoms with Crippen LogP contribution in [0.5, 0.6) is 5.75 Å². The van der Waals surface area contributed by atoms with Gasteiger partial charge in [-0.25, -0.2) is 0 Å². The molecule has 0 spiro atoms. The van der Waals surface area contributed by atoms with Gasteiger partial charge in [0.1, 0.15) is 90.3 Å². The summed E-state index contributed by atoms with van der Waals surface area (Å²) in [5.41, 5.74) is 28.5. The number of primary amides is 2. The molecule has 44 heteroatoms. The Hall–Kier alpha value is -12.0. The number of hydrogen-bond acceptors (Lipinski definition) is 25. The first kappa shape index (κ1) is 110. The number of carboxylic acids is 1. The van der Waals surface area contributed by atoms with Gasteiger partial charge in [-0.05, 0) is 166 Å². The topological polar surface area (TPSA) is 728 Å². The summed E-state index contributed by atoms with van der Waals surface area (Å²) in [5.74, 6) is -19.6. The summed E-state index contributed by atoms with van der Waals surface area (Å²) in [6.45, 7) is 16.9. The van der Waals surface area contributed by atoms with Crippen LogP contribution in [0.25, 0.3) is 0 Å². The first-order valence-corrected chi connectivity index (χ1v) is 42.0. The molecular weight excluding hydrogens is 1650 g/mol. The van der Waals surface area contributed by atoms with Crippen molar-refractivity contribution in [2.24, 2.45) is 46.4 Å². The highest BCUT2D eigenvalue weighted by atomic mass is 16.4. The van der Waals surface area contributed by atoms with Gasteiger partial charge in [0.15, 0.2) is 0 Å². The van der Waals surface area contributed by atoms with Crippen LogP contribution in [0.2, 0.25) is 0 Å². The van der Waals surface area contributed by atoms with Crippen LogP contribution in [-0.4, -0.2) is 262 Å². The minimum absolute atomic E-state index is 0.00894. The van der Waals surface area contributed by atoms with Gasteiger partial charge in [-0.3, -0.25) is 91.1 Å². The van der Waals surface area contributed by atoms with Crippen molar-refractivity contribution in [1.82, 2.24) is 85.1 Å². The van der Waals surface area contributed by atoms with Crippen LogP contribution in [0.1, 0.15) is 178 Å². The summed E-state index contributed by atoms with van der Waals surface area (Å²) in [4.78, 5) is 258. The van der Waals surface area contributed by atoms with E-state index in [1.807, 2.05) is 0 Å². The number of nitrogens with one attached hydrogen (secondary N) is 16. The van der Waals surface area contributed by atoms with E-state index in [-0.39, 0.29) is 75.0 Å². The summed E-state index contributed by atoms with van der Waals surface area (Å²) < 4.78 is 0. The second-order valence-corrected chi connectivity index (χ2v) is 32.4. The van der Waals surface area contributed by atoms with Crippen molar-refractivity contribution in [3.63, 3.8) is 0 Å². The number of aromatic hydroxyl groups is 1. The van der Waals surface area contributed by atoms with E-state index in [4.69, 9.17) is 28.7 Å². The Morgan fingerprint density at radius 2 is 0.659 bits per heavy atom. The molecule has 0 saturated carbocycles. The van der Waals surface area contributed by atoms with Crippen molar-refractivity contribution < 1.29 is 112 Å². The maximum absolute atomic E-state index is 15.0. The fraction of sp³-hybridized carbons (Fsp3) is 0.622. The molecule has 18 amide bonds. The predicted octanol–water partition coefficient (Wildman–Crippen LogP) is -6.62. The van der Waals surface area contributed by atoms with Gasteiger partial charge >= 0.3 is 5.97 Å². The number of rotatable bonds is 59. The molecule has 0 aromatic heterocycles. The van der Waals surface area contributed by atoms with Crippen LogP contribution < -0.4 is 114 Å². The van der Waals surface area contributed by atoms with Crippen molar-refractivity contribution in [3.8, 4) is 5.75 Å². The molecule has 2 aromatic carbocycles. The van der Waals surface area contributed by atoms with Gasteiger partial charge in [0, 0.05) is 25.7 Å². The molecule has 2 rings (SSSR count). The highest BCUT2D eigenvalue weighted by Gasteiger charge is 2.39. The molecule has 0 aliphatic carbocycles. The summed E-state index contributed by atoms with van der Waals surface area (Å²) in [6, 6.07) is -8.33. The first-order valence-electron chi connectivity index (χ1n) is 42.0. The van der Waals surface area contributed by atoms with Crippen molar-refractivity contribution in [2.45, 2.75) is 282 Å². The third-order valence-corrected chi connectivity index (χ3v) is 19.4. The lowest BCUT2D eigenvalue weighted by atomic mass is 9.98. The first-order chi connectivity index (χ1) is 59.1. The second kappa shape index (κ2) is 56.8. The molecule has 0 unspecified atom stereocenters. The summed E-state index contributed by atoms with van der Waals surface area (Å²) in [5, 5.41) is 80.5. The minimum atomic E-state index is -1.99. The molecule has 704 valence electrons.